The van der Waals surface area contributed by atoms with Crippen LogP contribution in [0.5, 0.6) is 5.75 Å². The number of hydrogen-bond acceptors (Lipinski definition) is 4. The zero-order valence-corrected chi connectivity index (χ0v) is 13.3. The van der Waals surface area contributed by atoms with E-state index in [0.717, 1.165) is 30.2 Å². The zero-order valence-electron chi connectivity index (χ0n) is 12.5. The molecule has 124 valence electrons. The average Bonchev–Trinajstić information content (AvgIpc) is 2.47. The molecule has 0 atom stereocenters. The van der Waals surface area contributed by atoms with E-state index in [0.29, 0.717) is 17.9 Å². The SMILES string of the molecule is O=C(Oc1cc(F)ccc1[N+](=O)[O-])C1(c2ccc(Cl)cc2)CCC1. The number of carbonyl (C=O) groups excluding carboxylic acids is 1. The Kier molecular flexibility index (Phi) is 4.24. The Morgan fingerprint density at radius 2 is 1.88 bits per heavy atom. The topological polar surface area (TPSA) is 69.4 Å². The average molecular weight is 350 g/mol. The molecule has 0 unspecified atom stereocenters. The normalized spacial score (nSPS) is 15.4. The van der Waals surface area contributed by atoms with Crippen LogP contribution in [-0.2, 0) is 10.2 Å². The second-order valence-electron chi connectivity index (χ2n) is 5.70. The van der Waals surface area contributed by atoms with Gasteiger partial charge in [-0.1, -0.05) is 30.2 Å². The van der Waals surface area contributed by atoms with Crippen LogP contribution in [0.15, 0.2) is 42.5 Å². The van der Waals surface area contributed by atoms with Crippen LogP contribution in [0.2, 0.25) is 5.02 Å². The van der Waals surface area contributed by atoms with Crippen molar-refractivity contribution in [2.24, 2.45) is 0 Å². The Morgan fingerprint density at radius 3 is 2.42 bits per heavy atom. The summed E-state index contributed by atoms with van der Waals surface area (Å²) in [5.41, 5.74) is -0.581. The summed E-state index contributed by atoms with van der Waals surface area (Å²) in [6, 6.07) is 9.61. The molecule has 2 aromatic carbocycles. The lowest BCUT2D eigenvalue weighted by Crippen LogP contribution is -2.45. The maximum absolute atomic E-state index is 13.4. The molecular weight excluding hydrogens is 337 g/mol. The minimum Gasteiger partial charge on any atom is -0.418 e. The molecule has 0 amide bonds. The predicted molar refractivity (Wildman–Crippen MR) is 85.7 cm³/mol. The fourth-order valence-corrected chi connectivity index (χ4v) is 2.95. The molecule has 0 spiro atoms. The Hall–Kier alpha value is -2.47. The molecule has 3 rings (SSSR count). The van der Waals surface area contributed by atoms with Crippen LogP contribution in [0.4, 0.5) is 10.1 Å². The first-order valence-electron chi connectivity index (χ1n) is 7.35. The number of carbonyl (C=O) groups is 1. The molecule has 7 heteroatoms. The van der Waals surface area contributed by atoms with Crippen molar-refractivity contribution in [1.82, 2.24) is 0 Å². The fraction of sp³-hybridized carbons (Fsp3) is 0.235. The highest BCUT2D eigenvalue weighted by atomic mass is 35.5. The Labute approximate surface area is 142 Å². The van der Waals surface area contributed by atoms with Crippen molar-refractivity contribution < 1.29 is 18.8 Å². The van der Waals surface area contributed by atoms with E-state index in [2.05, 4.69) is 0 Å². The van der Waals surface area contributed by atoms with Crippen molar-refractivity contribution >= 4 is 23.3 Å². The monoisotopic (exact) mass is 349 g/mol. The second kappa shape index (κ2) is 6.20. The van der Waals surface area contributed by atoms with E-state index in [1.54, 1.807) is 24.3 Å². The van der Waals surface area contributed by atoms with E-state index in [4.69, 9.17) is 16.3 Å². The molecule has 0 bridgehead atoms. The lowest BCUT2D eigenvalue weighted by atomic mass is 9.64. The third kappa shape index (κ3) is 2.85. The number of hydrogen-bond donors (Lipinski definition) is 0. The summed E-state index contributed by atoms with van der Waals surface area (Å²) in [4.78, 5) is 23.0. The molecule has 0 aliphatic heterocycles. The molecule has 5 nitrogen and oxygen atoms in total. The highest BCUT2D eigenvalue weighted by molar-refractivity contribution is 6.30. The number of esters is 1. The molecule has 1 aliphatic carbocycles. The van der Waals surface area contributed by atoms with E-state index in [9.17, 15) is 19.3 Å². The maximum Gasteiger partial charge on any atom is 0.322 e. The van der Waals surface area contributed by atoms with E-state index in [1.165, 1.54) is 0 Å². The first kappa shape index (κ1) is 16.4. The highest BCUT2D eigenvalue weighted by Gasteiger charge is 2.47. The summed E-state index contributed by atoms with van der Waals surface area (Å²) in [5, 5.41) is 11.6. The summed E-state index contributed by atoms with van der Waals surface area (Å²) in [5.74, 6) is -1.72. The largest absolute Gasteiger partial charge is 0.418 e. The number of halogens is 2. The van der Waals surface area contributed by atoms with Crippen molar-refractivity contribution in [3.8, 4) is 5.75 Å². The molecule has 24 heavy (non-hydrogen) atoms. The Bertz CT molecular complexity index is 803. The van der Waals surface area contributed by atoms with Gasteiger partial charge in [0.2, 0.25) is 5.75 Å². The van der Waals surface area contributed by atoms with Crippen molar-refractivity contribution in [2.45, 2.75) is 24.7 Å². The van der Waals surface area contributed by atoms with Crippen LogP contribution < -0.4 is 4.74 Å². The van der Waals surface area contributed by atoms with Gasteiger partial charge in [0.1, 0.15) is 5.82 Å². The molecule has 1 fully saturated rings. The van der Waals surface area contributed by atoms with E-state index in [-0.39, 0.29) is 5.75 Å². The molecule has 1 saturated carbocycles. The molecule has 0 radical (unpaired) electrons. The molecule has 0 aromatic heterocycles. The standard InChI is InChI=1S/C17H13ClFNO4/c18-12-4-2-11(3-5-12)17(8-1-9-17)16(21)24-15-10-13(19)6-7-14(15)20(22)23/h2-7,10H,1,8-9H2. The van der Waals surface area contributed by atoms with Crippen molar-refractivity contribution in [2.75, 3.05) is 0 Å². The Balaban J connectivity index is 1.93. The second-order valence-corrected chi connectivity index (χ2v) is 6.14. The van der Waals surface area contributed by atoms with Gasteiger partial charge in [-0.15, -0.1) is 0 Å². The van der Waals surface area contributed by atoms with Crippen LogP contribution >= 0.6 is 11.6 Å². The van der Waals surface area contributed by atoms with Gasteiger partial charge in [0.25, 0.3) is 0 Å². The summed E-state index contributed by atoms with van der Waals surface area (Å²) in [6.07, 6.45) is 1.97. The van der Waals surface area contributed by atoms with Gasteiger partial charge in [0.05, 0.1) is 10.3 Å². The lowest BCUT2D eigenvalue weighted by Gasteiger charge is -2.39. The maximum atomic E-state index is 13.4. The number of nitro benzene ring substituents is 1. The number of nitro groups is 1. The molecule has 0 saturated heterocycles. The summed E-state index contributed by atoms with van der Waals surface area (Å²) < 4.78 is 18.6. The van der Waals surface area contributed by atoms with Crippen LogP contribution in [0.3, 0.4) is 0 Å². The van der Waals surface area contributed by atoms with Crippen LogP contribution in [0, 0.1) is 15.9 Å². The summed E-state index contributed by atoms with van der Waals surface area (Å²) >= 11 is 5.87. The van der Waals surface area contributed by atoms with Crippen molar-refractivity contribution in [3.63, 3.8) is 0 Å². The smallest absolute Gasteiger partial charge is 0.322 e. The van der Waals surface area contributed by atoms with Gasteiger partial charge < -0.3 is 4.74 Å². The van der Waals surface area contributed by atoms with Crippen LogP contribution in [0.25, 0.3) is 0 Å². The van der Waals surface area contributed by atoms with Crippen molar-refractivity contribution in [1.29, 1.82) is 0 Å². The first-order valence-corrected chi connectivity index (χ1v) is 7.72. The number of nitrogens with zero attached hydrogens (tertiary/aromatic N) is 1. The number of ether oxygens (including phenoxy) is 1. The van der Waals surface area contributed by atoms with Gasteiger partial charge >= 0.3 is 11.7 Å². The van der Waals surface area contributed by atoms with E-state index in [1.807, 2.05) is 0 Å². The number of benzene rings is 2. The molecule has 0 heterocycles. The minimum atomic E-state index is -0.870. The summed E-state index contributed by atoms with van der Waals surface area (Å²) in [6.45, 7) is 0. The van der Waals surface area contributed by atoms with Gasteiger partial charge in [0, 0.05) is 17.2 Å². The lowest BCUT2D eigenvalue weighted by molar-refractivity contribution is -0.385. The van der Waals surface area contributed by atoms with Gasteiger partial charge in [-0.3, -0.25) is 14.9 Å². The van der Waals surface area contributed by atoms with E-state index < -0.39 is 27.8 Å². The predicted octanol–water partition coefficient (Wildman–Crippen LogP) is 4.41. The van der Waals surface area contributed by atoms with Crippen molar-refractivity contribution in [3.05, 3.63) is 69.0 Å². The Morgan fingerprint density at radius 1 is 1.21 bits per heavy atom. The van der Waals surface area contributed by atoms with Gasteiger partial charge in [-0.05, 0) is 36.6 Å². The van der Waals surface area contributed by atoms with E-state index >= 15 is 0 Å². The quantitative estimate of drug-likeness (QED) is 0.355. The molecule has 2 aromatic rings. The van der Waals surface area contributed by atoms with Gasteiger partial charge in [-0.25, -0.2) is 4.39 Å². The van der Waals surface area contributed by atoms with Gasteiger partial charge in [-0.2, -0.15) is 0 Å². The fourth-order valence-electron chi connectivity index (χ4n) is 2.83. The summed E-state index contributed by atoms with van der Waals surface area (Å²) in [7, 11) is 0. The third-order valence-corrected chi connectivity index (χ3v) is 4.57. The van der Waals surface area contributed by atoms with Crippen LogP contribution in [0.1, 0.15) is 24.8 Å². The number of rotatable bonds is 4. The third-order valence-electron chi connectivity index (χ3n) is 4.32. The highest BCUT2D eigenvalue weighted by Crippen LogP contribution is 2.45. The minimum absolute atomic E-state index is 0.384. The molecule has 1 aliphatic rings. The molecular formula is C17H13ClFNO4. The molecule has 0 N–H and O–H groups in total. The van der Waals surface area contributed by atoms with Gasteiger partial charge in [0.15, 0.2) is 0 Å². The first-order chi connectivity index (χ1) is 11.4. The van der Waals surface area contributed by atoms with Crippen LogP contribution in [-0.4, -0.2) is 10.9 Å². The zero-order chi connectivity index (χ0) is 17.3.